The molecule has 1 N–H and O–H groups in total. The minimum Gasteiger partial charge on any atom is -0.478 e. The molecule has 0 aliphatic heterocycles. The largest absolute Gasteiger partial charge is 0.478 e. The molecule has 0 radical (unpaired) electrons. The molecule has 0 aromatic carbocycles. The number of carboxylic acids is 1. The highest BCUT2D eigenvalue weighted by molar-refractivity contribution is 6.57. The SMILES string of the molecule is C=CC(=O)O.ClC1=C(C2=C(Cl)C(Cl)(Cl)CCCC2)CCCCC1(Cl)Cl. The van der Waals surface area contributed by atoms with E-state index in [1.165, 1.54) is 0 Å². The molecule has 0 saturated heterocycles. The summed E-state index contributed by atoms with van der Waals surface area (Å²) in [5.41, 5.74) is 1.87. The molecule has 142 valence electrons. The zero-order valence-electron chi connectivity index (χ0n) is 13.6. The Bertz CT molecular complexity index is 536. The van der Waals surface area contributed by atoms with Crippen LogP contribution in [-0.2, 0) is 4.79 Å². The summed E-state index contributed by atoms with van der Waals surface area (Å²) in [5.74, 6) is -0.981. The van der Waals surface area contributed by atoms with Gasteiger partial charge in [-0.1, -0.05) is 76.2 Å². The number of rotatable bonds is 2. The average Bonchev–Trinajstić information content (AvgIpc) is 2.75. The smallest absolute Gasteiger partial charge is 0.327 e. The Hall–Kier alpha value is 0.430. The quantitative estimate of drug-likeness (QED) is 0.332. The van der Waals surface area contributed by atoms with Gasteiger partial charge in [0, 0.05) is 6.08 Å². The zero-order valence-corrected chi connectivity index (χ0v) is 18.1. The first-order valence-corrected chi connectivity index (χ1v) is 10.2. The van der Waals surface area contributed by atoms with Crippen molar-refractivity contribution in [3.8, 4) is 0 Å². The van der Waals surface area contributed by atoms with Crippen LogP contribution in [0.4, 0.5) is 0 Å². The van der Waals surface area contributed by atoms with Crippen molar-refractivity contribution in [3.63, 3.8) is 0 Å². The minimum atomic E-state index is -1.04. The first kappa shape index (κ1) is 23.5. The standard InChI is InChI=1S/C14H16Cl6.C3H4O2/c15-11-9(5-1-3-7-13(11,17)18)10-6-2-4-8-14(19,20)12(10)16;1-2-3(4)5/h1-8H2;2H,1H2,(H,4,5). The van der Waals surface area contributed by atoms with Crippen molar-refractivity contribution in [3.05, 3.63) is 33.9 Å². The van der Waals surface area contributed by atoms with E-state index >= 15 is 0 Å². The molecular formula is C17H20Cl6O2. The highest BCUT2D eigenvalue weighted by atomic mass is 35.5. The van der Waals surface area contributed by atoms with Gasteiger partial charge < -0.3 is 5.11 Å². The number of alkyl halides is 4. The molecular weight excluding hydrogens is 449 g/mol. The van der Waals surface area contributed by atoms with E-state index in [2.05, 4.69) is 6.58 Å². The molecule has 25 heavy (non-hydrogen) atoms. The molecule has 0 heterocycles. The van der Waals surface area contributed by atoms with Gasteiger partial charge in [0.05, 0.1) is 10.1 Å². The summed E-state index contributed by atoms with van der Waals surface area (Å²) in [6, 6.07) is 0. The van der Waals surface area contributed by atoms with Crippen molar-refractivity contribution in [2.45, 2.75) is 60.0 Å². The molecule has 0 atom stereocenters. The fourth-order valence-electron chi connectivity index (χ4n) is 2.74. The summed E-state index contributed by atoms with van der Waals surface area (Å²) < 4.78 is -2.07. The number of carbonyl (C=O) groups is 1. The molecule has 0 fully saturated rings. The van der Waals surface area contributed by atoms with E-state index in [9.17, 15) is 4.79 Å². The second-order valence-electron chi connectivity index (χ2n) is 5.95. The van der Waals surface area contributed by atoms with Crippen LogP contribution in [0.15, 0.2) is 33.9 Å². The van der Waals surface area contributed by atoms with Crippen molar-refractivity contribution in [2.75, 3.05) is 0 Å². The Morgan fingerprint density at radius 1 is 0.880 bits per heavy atom. The number of hydrogen-bond donors (Lipinski definition) is 1. The molecule has 2 aliphatic rings. The van der Waals surface area contributed by atoms with Gasteiger partial charge in [0.1, 0.15) is 0 Å². The monoisotopic (exact) mass is 466 g/mol. The van der Waals surface area contributed by atoms with E-state index in [1.54, 1.807) is 0 Å². The molecule has 8 heteroatoms. The van der Waals surface area contributed by atoms with Gasteiger partial charge in [0.15, 0.2) is 8.67 Å². The third-order valence-corrected chi connectivity index (χ3v) is 7.05. The molecule has 0 amide bonds. The molecule has 0 aromatic heterocycles. The predicted octanol–water partition coefficient (Wildman–Crippen LogP) is 7.73. The van der Waals surface area contributed by atoms with E-state index in [0.717, 1.165) is 55.7 Å². The number of allylic oxidation sites excluding steroid dienone is 4. The average molecular weight is 469 g/mol. The Kier molecular flexibility index (Phi) is 9.49. The van der Waals surface area contributed by atoms with E-state index in [0.29, 0.717) is 22.9 Å². The van der Waals surface area contributed by atoms with Crippen LogP contribution in [0.2, 0.25) is 0 Å². The van der Waals surface area contributed by atoms with Crippen LogP contribution in [0, 0.1) is 0 Å². The highest BCUT2D eigenvalue weighted by Gasteiger charge is 2.37. The van der Waals surface area contributed by atoms with Crippen LogP contribution >= 0.6 is 69.6 Å². The van der Waals surface area contributed by atoms with Gasteiger partial charge in [-0.05, 0) is 62.5 Å². The van der Waals surface area contributed by atoms with Gasteiger partial charge in [-0.15, -0.1) is 0 Å². The lowest BCUT2D eigenvalue weighted by Gasteiger charge is -2.23. The Morgan fingerprint density at radius 3 is 1.48 bits per heavy atom. The summed E-state index contributed by atoms with van der Waals surface area (Å²) in [7, 11) is 0. The fourth-order valence-corrected chi connectivity index (χ4v) is 4.34. The van der Waals surface area contributed by atoms with Crippen molar-refractivity contribution < 1.29 is 9.90 Å². The highest BCUT2D eigenvalue weighted by Crippen LogP contribution is 2.50. The van der Waals surface area contributed by atoms with Gasteiger partial charge in [-0.2, -0.15) is 0 Å². The molecule has 2 nitrogen and oxygen atoms in total. The third kappa shape index (κ3) is 6.83. The lowest BCUT2D eigenvalue weighted by Crippen LogP contribution is -2.16. The summed E-state index contributed by atoms with van der Waals surface area (Å²) in [6.07, 6.45) is 7.60. The van der Waals surface area contributed by atoms with Crippen molar-refractivity contribution in [2.24, 2.45) is 0 Å². The predicted molar refractivity (Wildman–Crippen MR) is 109 cm³/mol. The van der Waals surface area contributed by atoms with Crippen LogP contribution in [0.3, 0.4) is 0 Å². The van der Waals surface area contributed by atoms with E-state index in [-0.39, 0.29) is 0 Å². The summed E-state index contributed by atoms with van der Waals surface area (Å²) >= 11 is 38.3. The maximum atomic E-state index is 9.25. The van der Waals surface area contributed by atoms with Crippen molar-refractivity contribution in [1.29, 1.82) is 0 Å². The van der Waals surface area contributed by atoms with Crippen LogP contribution < -0.4 is 0 Å². The van der Waals surface area contributed by atoms with E-state index in [4.69, 9.17) is 74.7 Å². The second-order valence-corrected chi connectivity index (χ2v) is 9.67. The molecule has 2 rings (SSSR count). The van der Waals surface area contributed by atoms with Crippen LogP contribution in [-0.4, -0.2) is 19.7 Å². The molecule has 2 aliphatic carbocycles. The maximum absolute atomic E-state index is 9.25. The summed E-state index contributed by atoms with van der Waals surface area (Å²) in [6.45, 7) is 2.96. The van der Waals surface area contributed by atoms with Crippen LogP contribution in [0.25, 0.3) is 0 Å². The Morgan fingerprint density at radius 2 is 1.20 bits per heavy atom. The Labute approximate surface area is 178 Å². The fraction of sp³-hybridized carbons (Fsp3) is 0.588. The first-order valence-electron chi connectivity index (χ1n) is 7.92. The minimum absolute atomic E-state index is 0.484. The summed E-state index contributed by atoms with van der Waals surface area (Å²) in [5, 5.41) is 8.57. The lowest BCUT2D eigenvalue weighted by molar-refractivity contribution is -0.131. The maximum Gasteiger partial charge on any atom is 0.327 e. The number of hydrogen-bond acceptors (Lipinski definition) is 1. The van der Waals surface area contributed by atoms with E-state index < -0.39 is 14.6 Å². The first-order chi connectivity index (χ1) is 11.5. The van der Waals surface area contributed by atoms with Crippen LogP contribution in [0.1, 0.15) is 51.4 Å². The summed E-state index contributed by atoms with van der Waals surface area (Å²) in [4.78, 5) is 9.25. The molecule has 0 unspecified atom stereocenters. The molecule has 0 aromatic rings. The van der Waals surface area contributed by atoms with Gasteiger partial charge >= 0.3 is 5.97 Å². The number of halogens is 6. The van der Waals surface area contributed by atoms with Gasteiger partial charge in [-0.25, -0.2) is 4.79 Å². The van der Waals surface area contributed by atoms with E-state index in [1.807, 2.05) is 0 Å². The normalized spacial score (nSPS) is 23.1. The van der Waals surface area contributed by atoms with Crippen LogP contribution in [0.5, 0.6) is 0 Å². The molecule has 0 spiro atoms. The lowest BCUT2D eigenvalue weighted by atomic mass is 9.97. The van der Waals surface area contributed by atoms with Gasteiger partial charge in [-0.3, -0.25) is 0 Å². The third-order valence-electron chi connectivity index (χ3n) is 4.05. The molecule has 0 bridgehead atoms. The van der Waals surface area contributed by atoms with Crippen molar-refractivity contribution in [1.82, 2.24) is 0 Å². The topological polar surface area (TPSA) is 37.3 Å². The van der Waals surface area contributed by atoms with Crippen molar-refractivity contribution >= 4 is 75.6 Å². The number of aliphatic carboxylic acids is 1. The number of carboxylic acid groups (broad SMARTS) is 1. The Balaban J connectivity index is 0.000000550. The zero-order chi connectivity index (χ0) is 19.3. The van der Waals surface area contributed by atoms with Gasteiger partial charge in [0.2, 0.25) is 0 Å². The van der Waals surface area contributed by atoms with Gasteiger partial charge in [0.25, 0.3) is 0 Å². The molecule has 0 saturated carbocycles. The second kappa shape index (κ2) is 10.1.